The summed E-state index contributed by atoms with van der Waals surface area (Å²) in [5, 5.41) is 8.16. The predicted molar refractivity (Wildman–Crippen MR) is 177 cm³/mol. The van der Waals surface area contributed by atoms with Gasteiger partial charge in [0.2, 0.25) is 5.91 Å². The summed E-state index contributed by atoms with van der Waals surface area (Å²) in [6.07, 6.45) is 4.62. The van der Waals surface area contributed by atoms with E-state index < -0.39 is 17.5 Å². The first-order valence-electron chi connectivity index (χ1n) is 15.2. The fourth-order valence-corrected chi connectivity index (χ4v) is 7.28. The number of anilines is 1. The molecule has 2 unspecified atom stereocenters. The first-order valence-corrected chi connectivity index (χ1v) is 15.6. The quantitative estimate of drug-likeness (QED) is 0.246. The van der Waals surface area contributed by atoms with Gasteiger partial charge in [-0.05, 0) is 56.0 Å². The summed E-state index contributed by atoms with van der Waals surface area (Å²) >= 11 is 7.38. The molecule has 2 atom stereocenters. The van der Waals surface area contributed by atoms with Crippen molar-refractivity contribution in [2.45, 2.75) is 52.6 Å². The van der Waals surface area contributed by atoms with Crippen molar-refractivity contribution in [3.63, 3.8) is 0 Å². The molecule has 0 radical (unpaired) electrons. The Labute approximate surface area is 269 Å². The van der Waals surface area contributed by atoms with Gasteiger partial charge in [0, 0.05) is 41.8 Å². The van der Waals surface area contributed by atoms with Gasteiger partial charge in [0.05, 0.1) is 45.1 Å². The van der Waals surface area contributed by atoms with E-state index in [0.717, 1.165) is 11.1 Å². The Morgan fingerprint density at radius 2 is 1.98 bits per heavy atom. The molecule has 12 heteroatoms. The van der Waals surface area contributed by atoms with Crippen molar-refractivity contribution >= 4 is 45.1 Å². The molecule has 2 aliphatic rings. The zero-order valence-electron chi connectivity index (χ0n) is 26.2. The number of aromatic nitrogens is 5. The number of halogens is 2. The first kappa shape index (κ1) is 29.9. The van der Waals surface area contributed by atoms with Crippen LogP contribution in [-0.2, 0) is 4.79 Å². The maximum atomic E-state index is 17.2. The van der Waals surface area contributed by atoms with Crippen LogP contribution in [0.25, 0.3) is 38.6 Å². The van der Waals surface area contributed by atoms with Crippen molar-refractivity contribution in [1.82, 2.24) is 29.6 Å². The second-order valence-corrected chi connectivity index (χ2v) is 12.8. The van der Waals surface area contributed by atoms with Gasteiger partial charge in [-0.3, -0.25) is 19.4 Å². The van der Waals surface area contributed by atoms with Crippen molar-refractivity contribution in [1.29, 1.82) is 0 Å². The average molecular weight is 642 g/mol. The minimum absolute atomic E-state index is 0.0438. The predicted octanol–water partition coefficient (Wildman–Crippen LogP) is 5.84. The topological polar surface area (TPSA) is 109 Å². The molecule has 0 spiro atoms. The second kappa shape index (κ2) is 10.9. The molecular formula is C34H33ClFN7O3. The molecule has 0 saturated carbocycles. The van der Waals surface area contributed by atoms with Crippen LogP contribution >= 0.6 is 11.6 Å². The largest absolute Gasteiger partial charge is 0.487 e. The molecule has 1 fully saturated rings. The molecular weight excluding hydrogens is 609 g/mol. The number of aromatic amines is 1. The van der Waals surface area contributed by atoms with E-state index in [0.29, 0.717) is 39.8 Å². The number of hydrogen-bond donors (Lipinski definition) is 1. The fourth-order valence-electron chi connectivity index (χ4n) is 6.92. The summed E-state index contributed by atoms with van der Waals surface area (Å²) in [6.45, 7) is 14.0. The number of nitrogens with one attached hydrogen (secondary N) is 1. The van der Waals surface area contributed by atoms with E-state index in [1.54, 1.807) is 17.3 Å². The first-order chi connectivity index (χ1) is 22.0. The summed E-state index contributed by atoms with van der Waals surface area (Å²) in [5.41, 5.74) is 3.81. The van der Waals surface area contributed by atoms with Crippen molar-refractivity contribution < 1.29 is 13.9 Å². The Balaban J connectivity index is 1.63. The molecule has 5 heterocycles. The maximum absolute atomic E-state index is 17.2. The van der Waals surface area contributed by atoms with Crippen molar-refractivity contribution in [3.05, 3.63) is 81.4 Å². The summed E-state index contributed by atoms with van der Waals surface area (Å²) < 4.78 is 25.1. The van der Waals surface area contributed by atoms with E-state index in [9.17, 15) is 9.59 Å². The van der Waals surface area contributed by atoms with Gasteiger partial charge >= 0.3 is 5.69 Å². The van der Waals surface area contributed by atoms with E-state index in [4.69, 9.17) is 16.3 Å². The van der Waals surface area contributed by atoms with E-state index in [-0.39, 0.29) is 58.7 Å². The number of piperazine rings is 1. The van der Waals surface area contributed by atoms with Crippen LogP contribution in [0.3, 0.4) is 0 Å². The lowest BCUT2D eigenvalue weighted by atomic mass is 9.94. The van der Waals surface area contributed by atoms with Crippen LogP contribution in [0.2, 0.25) is 5.02 Å². The number of H-pyrrole nitrogens is 1. The molecule has 0 aliphatic carbocycles. The maximum Gasteiger partial charge on any atom is 0.354 e. The molecule has 1 N–H and O–H groups in total. The summed E-state index contributed by atoms with van der Waals surface area (Å²) in [6, 6.07) is 4.92. The number of carbonyl (C=O) groups is 1. The molecule has 46 heavy (non-hydrogen) atoms. The number of benzene rings is 2. The number of nitrogens with zero attached hydrogens (tertiary/aromatic N) is 6. The van der Waals surface area contributed by atoms with E-state index in [2.05, 4.69) is 26.7 Å². The minimum atomic E-state index is -0.665. The number of aryl methyl sites for hydroxylation is 2. The smallest absolute Gasteiger partial charge is 0.354 e. The van der Waals surface area contributed by atoms with Gasteiger partial charge in [0.1, 0.15) is 12.4 Å². The van der Waals surface area contributed by atoms with Gasteiger partial charge < -0.3 is 14.5 Å². The third kappa shape index (κ3) is 4.32. The van der Waals surface area contributed by atoms with Crippen LogP contribution in [-0.4, -0.2) is 67.3 Å². The summed E-state index contributed by atoms with van der Waals surface area (Å²) in [4.78, 5) is 40.0. The Kier molecular flexibility index (Phi) is 7.11. The van der Waals surface area contributed by atoms with Crippen molar-refractivity contribution in [3.8, 4) is 22.6 Å². The normalized spacial score (nSPS) is 17.7. The van der Waals surface area contributed by atoms with E-state index >= 15 is 4.39 Å². The molecule has 10 nitrogen and oxygen atoms in total. The van der Waals surface area contributed by atoms with Gasteiger partial charge in [0.25, 0.3) is 0 Å². The molecule has 2 aliphatic heterocycles. The average Bonchev–Trinajstić information content (AvgIpc) is 3.45. The second-order valence-electron chi connectivity index (χ2n) is 12.4. The summed E-state index contributed by atoms with van der Waals surface area (Å²) in [5.74, 6) is -0.715. The van der Waals surface area contributed by atoms with E-state index in [1.807, 2.05) is 57.7 Å². The zero-order valence-corrected chi connectivity index (χ0v) is 26.9. The monoisotopic (exact) mass is 641 g/mol. The Morgan fingerprint density at radius 1 is 1.20 bits per heavy atom. The number of carbonyl (C=O) groups excluding carboxylic acids is 1. The van der Waals surface area contributed by atoms with Gasteiger partial charge in [-0.1, -0.05) is 38.1 Å². The number of rotatable bonds is 4. The van der Waals surface area contributed by atoms with Crippen LogP contribution in [0.5, 0.6) is 5.75 Å². The highest BCUT2D eigenvalue weighted by molar-refractivity contribution is 6.39. The van der Waals surface area contributed by atoms with Crippen molar-refractivity contribution in [2.24, 2.45) is 0 Å². The zero-order chi connectivity index (χ0) is 32.6. The molecule has 7 rings (SSSR count). The van der Waals surface area contributed by atoms with Crippen LogP contribution in [0.4, 0.5) is 10.2 Å². The number of hydrogen-bond acceptors (Lipinski definition) is 7. The molecule has 1 amide bonds. The van der Waals surface area contributed by atoms with Crippen LogP contribution in [0.15, 0.2) is 48.0 Å². The third-order valence-corrected chi connectivity index (χ3v) is 9.52. The molecule has 5 aromatic rings. The number of amides is 1. The number of fused-ring (bicyclic) bond motifs is 3. The van der Waals surface area contributed by atoms with Crippen molar-refractivity contribution in [2.75, 3.05) is 24.6 Å². The van der Waals surface area contributed by atoms with Gasteiger partial charge in [-0.15, -0.1) is 0 Å². The van der Waals surface area contributed by atoms with E-state index in [1.165, 1.54) is 10.6 Å². The van der Waals surface area contributed by atoms with Crippen LogP contribution in [0.1, 0.15) is 43.5 Å². The van der Waals surface area contributed by atoms with Crippen LogP contribution < -0.4 is 15.3 Å². The minimum Gasteiger partial charge on any atom is -0.487 e. The van der Waals surface area contributed by atoms with Gasteiger partial charge in [0.15, 0.2) is 11.6 Å². The molecule has 0 bridgehead atoms. The summed E-state index contributed by atoms with van der Waals surface area (Å²) in [7, 11) is 0. The molecule has 236 valence electrons. The Hall–Kier alpha value is -4.77. The molecule has 1 saturated heterocycles. The highest BCUT2D eigenvalue weighted by Crippen LogP contribution is 2.49. The lowest BCUT2D eigenvalue weighted by molar-refractivity contribution is -0.129. The van der Waals surface area contributed by atoms with Crippen LogP contribution in [0, 0.1) is 19.7 Å². The Bertz CT molecular complexity index is 2160. The standard InChI is InChI=1S/C34H33ClFN7O3/c1-7-23(44)41-14-20-15-46-32-26-31(27(35)25(28(32)36)24-17(4)8-9-22-21(24)12-38-40-22)43(30-18(5)10-11-37-29(30)16(2)3)34(45)39-33(26)42(20)13-19(41)6/h7-12,16,19-20H,1,13-15H2,2-6H3,(H,38,40). The highest BCUT2D eigenvalue weighted by Gasteiger charge is 2.40. The Morgan fingerprint density at radius 3 is 2.72 bits per heavy atom. The number of ether oxygens (including phenoxy) is 1. The molecule has 3 aromatic heterocycles. The third-order valence-electron chi connectivity index (χ3n) is 9.15. The number of pyridine rings is 1. The van der Waals surface area contributed by atoms with Gasteiger partial charge in [-0.25, -0.2) is 9.18 Å². The SMILES string of the molecule is C=CC(=O)N1CC2COc3c(F)c(-c4c(C)ccc5[nH]ncc45)c(Cl)c4c3c(nc(=O)n4-c3c(C)ccnc3C(C)C)N2CC1C. The fraction of sp³-hybridized carbons (Fsp3) is 0.324. The van der Waals surface area contributed by atoms with Gasteiger partial charge in [-0.2, -0.15) is 10.1 Å². The molecule has 2 aromatic carbocycles. The lowest BCUT2D eigenvalue weighted by Gasteiger charge is -2.44. The highest BCUT2D eigenvalue weighted by atomic mass is 35.5. The lowest BCUT2D eigenvalue weighted by Crippen LogP contribution is -2.60.